The van der Waals surface area contributed by atoms with Crippen LogP contribution in [0.4, 0.5) is 11.4 Å². The van der Waals surface area contributed by atoms with E-state index in [1.165, 1.54) is 10.7 Å². The predicted octanol–water partition coefficient (Wildman–Crippen LogP) is 2.74. The summed E-state index contributed by atoms with van der Waals surface area (Å²) < 4.78 is 25.5. The molecule has 1 N–H and O–H groups in total. The molecule has 0 bridgehead atoms. The molecule has 7 nitrogen and oxygen atoms in total. The predicted molar refractivity (Wildman–Crippen MR) is 112 cm³/mol. The molecule has 1 aromatic carbocycles. The first-order valence-corrected chi connectivity index (χ1v) is 12.3. The van der Waals surface area contributed by atoms with Crippen molar-refractivity contribution in [2.75, 3.05) is 28.5 Å². The van der Waals surface area contributed by atoms with Crippen molar-refractivity contribution >= 4 is 33.2 Å². The number of anilines is 2. The number of likely N-dealkylation sites (tertiary alicyclic amines) is 1. The lowest BCUT2D eigenvalue weighted by Gasteiger charge is -2.30. The van der Waals surface area contributed by atoms with E-state index in [4.69, 9.17) is 0 Å². The molecule has 2 heterocycles. The molecule has 158 valence electrons. The number of amides is 2. The van der Waals surface area contributed by atoms with Gasteiger partial charge in [-0.3, -0.25) is 13.9 Å². The maximum absolute atomic E-state index is 12.9. The molecule has 1 saturated carbocycles. The highest BCUT2D eigenvalue weighted by atomic mass is 32.2. The Bertz CT molecular complexity index is 862. The van der Waals surface area contributed by atoms with Gasteiger partial charge in [0.25, 0.3) is 0 Å². The molecular formula is C21H29N3O4S. The normalized spacial score (nSPS) is 24.6. The summed E-state index contributed by atoms with van der Waals surface area (Å²) in [5.41, 5.74) is 1.24. The number of rotatable bonds is 4. The molecule has 3 fully saturated rings. The van der Waals surface area contributed by atoms with Crippen molar-refractivity contribution in [1.29, 1.82) is 0 Å². The molecule has 0 aromatic heterocycles. The molecule has 29 heavy (non-hydrogen) atoms. The zero-order valence-corrected chi connectivity index (χ0v) is 17.5. The monoisotopic (exact) mass is 419 g/mol. The van der Waals surface area contributed by atoms with Crippen LogP contribution >= 0.6 is 0 Å². The van der Waals surface area contributed by atoms with Gasteiger partial charge in [0.1, 0.15) is 6.04 Å². The number of carbonyl (C=O) groups excluding carboxylic acids is 2. The average Bonchev–Trinajstić information content (AvgIpc) is 3.35. The molecule has 4 rings (SSSR count). The van der Waals surface area contributed by atoms with Crippen LogP contribution in [-0.2, 0) is 19.6 Å². The fourth-order valence-corrected chi connectivity index (χ4v) is 6.32. The largest absolute Gasteiger partial charge is 0.330 e. The van der Waals surface area contributed by atoms with E-state index < -0.39 is 16.1 Å². The minimum atomic E-state index is -3.21. The molecule has 1 aliphatic carbocycles. The van der Waals surface area contributed by atoms with Crippen LogP contribution in [0, 0.1) is 5.92 Å². The highest BCUT2D eigenvalue weighted by Crippen LogP contribution is 2.30. The molecule has 0 spiro atoms. The lowest BCUT2D eigenvalue weighted by molar-refractivity contribution is -0.141. The van der Waals surface area contributed by atoms with Crippen molar-refractivity contribution in [3.63, 3.8) is 0 Å². The van der Waals surface area contributed by atoms with Crippen LogP contribution < -0.4 is 9.62 Å². The van der Waals surface area contributed by atoms with Gasteiger partial charge in [-0.15, -0.1) is 0 Å². The second-order valence-electron chi connectivity index (χ2n) is 8.30. The van der Waals surface area contributed by atoms with E-state index in [1.807, 2.05) is 0 Å². The SMILES string of the molecule is O=C(Nc1ccc(N2CCCS2(=O)=O)cc1)C1CCCN1C(=O)C1CCCCC1. The molecule has 1 atom stereocenters. The van der Waals surface area contributed by atoms with Gasteiger partial charge in [0.2, 0.25) is 21.8 Å². The van der Waals surface area contributed by atoms with E-state index in [-0.39, 0.29) is 23.5 Å². The van der Waals surface area contributed by atoms with E-state index in [9.17, 15) is 18.0 Å². The van der Waals surface area contributed by atoms with E-state index in [0.717, 1.165) is 32.1 Å². The van der Waals surface area contributed by atoms with Gasteiger partial charge in [-0.05, 0) is 56.4 Å². The maximum atomic E-state index is 12.9. The van der Waals surface area contributed by atoms with Crippen molar-refractivity contribution in [2.24, 2.45) is 5.92 Å². The standard InChI is InChI=1S/C21H29N3O4S/c25-20(19-8-4-13-23(19)21(26)16-6-2-1-3-7-16)22-17-9-11-18(12-10-17)24-14-5-15-29(24,27)28/h9-12,16,19H,1-8,13-15H2,(H,22,25). The zero-order valence-electron chi connectivity index (χ0n) is 16.7. The molecule has 1 unspecified atom stereocenters. The summed E-state index contributed by atoms with van der Waals surface area (Å²) in [7, 11) is -3.21. The Morgan fingerprint density at radius 2 is 1.62 bits per heavy atom. The van der Waals surface area contributed by atoms with Crippen molar-refractivity contribution < 1.29 is 18.0 Å². The summed E-state index contributed by atoms with van der Waals surface area (Å²) in [5.74, 6) is 0.224. The van der Waals surface area contributed by atoms with E-state index >= 15 is 0 Å². The Kier molecular flexibility index (Phi) is 5.81. The summed E-state index contributed by atoms with van der Waals surface area (Å²) in [6, 6.07) is 6.48. The highest BCUT2D eigenvalue weighted by molar-refractivity contribution is 7.93. The molecule has 2 saturated heterocycles. The van der Waals surface area contributed by atoms with Gasteiger partial charge in [-0.2, -0.15) is 0 Å². The summed E-state index contributed by atoms with van der Waals surface area (Å²) in [4.78, 5) is 27.5. The van der Waals surface area contributed by atoms with Crippen molar-refractivity contribution in [3.8, 4) is 0 Å². The van der Waals surface area contributed by atoms with Crippen LogP contribution in [-0.4, -0.2) is 50.0 Å². The van der Waals surface area contributed by atoms with Crippen molar-refractivity contribution in [2.45, 2.75) is 57.4 Å². The number of nitrogens with zero attached hydrogens (tertiary/aromatic N) is 2. The van der Waals surface area contributed by atoms with Gasteiger partial charge in [0, 0.05) is 24.7 Å². The number of hydrogen-bond donors (Lipinski definition) is 1. The van der Waals surface area contributed by atoms with Crippen LogP contribution in [0.3, 0.4) is 0 Å². The third-order valence-electron chi connectivity index (χ3n) is 6.32. The highest BCUT2D eigenvalue weighted by Gasteiger charge is 2.37. The number of hydrogen-bond acceptors (Lipinski definition) is 4. The maximum Gasteiger partial charge on any atom is 0.247 e. The Hall–Kier alpha value is -2.09. The quantitative estimate of drug-likeness (QED) is 0.813. The first kappa shape index (κ1) is 20.2. The third-order valence-corrected chi connectivity index (χ3v) is 8.18. The van der Waals surface area contributed by atoms with Crippen LogP contribution in [0.15, 0.2) is 24.3 Å². The third kappa shape index (κ3) is 4.27. The van der Waals surface area contributed by atoms with Gasteiger partial charge in [0.15, 0.2) is 0 Å². The van der Waals surface area contributed by atoms with E-state index in [1.54, 1.807) is 29.2 Å². The zero-order chi connectivity index (χ0) is 20.4. The summed E-state index contributed by atoms with van der Waals surface area (Å²) >= 11 is 0. The minimum absolute atomic E-state index is 0.0684. The van der Waals surface area contributed by atoms with Gasteiger partial charge in [-0.25, -0.2) is 8.42 Å². The van der Waals surface area contributed by atoms with E-state index in [2.05, 4.69) is 5.32 Å². The fraction of sp³-hybridized carbons (Fsp3) is 0.619. The topological polar surface area (TPSA) is 86.8 Å². The van der Waals surface area contributed by atoms with Gasteiger partial charge >= 0.3 is 0 Å². The van der Waals surface area contributed by atoms with Gasteiger partial charge in [0.05, 0.1) is 11.4 Å². The molecule has 3 aliphatic rings. The molecule has 8 heteroatoms. The number of nitrogens with one attached hydrogen (secondary N) is 1. The van der Waals surface area contributed by atoms with Crippen LogP contribution in [0.1, 0.15) is 51.4 Å². The summed E-state index contributed by atoms with van der Waals surface area (Å²) in [5, 5.41) is 2.91. The smallest absolute Gasteiger partial charge is 0.247 e. The summed E-state index contributed by atoms with van der Waals surface area (Å²) in [6.07, 6.45) is 7.43. The lowest BCUT2D eigenvalue weighted by Crippen LogP contribution is -2.46. The Balaban J connectivity index is 1.40. The molecule has 2 aliphatic heterocycles. The summed E-state index contributed by atoms with van der Waals surface area (Å²) in [6.45, 7) is 1.15. The average molecular weight is 420 g/mol. The number of benzene rings is 1. The fourth-order valence-electron chi connectivity index (χ4n) is 4.75. The molecular weight excluding hydrogens is 390 g/mol. The Morgan fingerprint density at radius 3 is 2.28 bits per heavy atom. The Morgan fingerprint density at radius 1 is 0.897 bits per heavy atom. The molecule has 2 amide bonds. The van der Waals surface area contributed by atoms with Crippen LogP contribution in [0.25, 0.3) is 0 Å². The number of carbonyl (C=O) groups is 2. The lowest BCUT2D eigenvalue weighted by atomic mass is 9.88. The first-order chi connectivity index (χ1) is 14.0. The van der Waals surface area contributed by atoms with Gasteiger partial charge < -0.3 is 10.2 Å². The van der Waals surface area contributed by atoms with E-state index in [0.29, 0.717) is 37.3 Å². The molecule has 0 radical (unpaired) electrons. The number of sulfonamides is 1. The second kappa shape index (κ2) is 8.34. The van der Waals surface area contributed by atoms with Crippen molar-refractivity contribution in [1.82, 2.24) is 4.90 Å². The first-order valence-electron chi connectivity index (χ1n) is 10.7. The van der Waals surface area contributed by atoms with Crippen LogP contribution in [0.2, 0.25) is 0 Å². The minimum Gasteiger partial charge on any atom is -0.330 e. The second-order valence-corrected chi connectivity index (χ2v) is 10.3. The van der Waals surface area contributed by atoms with Gasteiger partial charge in [-0.1, -0.05) is 19.3 Å². The Labute approximate surface area is 172 Å². The van der Waals surface area contributed by atoms with Crippen molar-refractivity contribution in [3.05, 3.63) is 24.3 Å². The molecule has 1 aromatic rings. The van der Waals surface area contributed by atoms with Crippen LogP contribution in [0.5, 0.6) is 0 Å².